The molecule has 5 nitrogen and oxygen atoms in total. The molecule has 0 saturated carbocycles. The highest BCUT2D eigenvalue weighted by molar-refractivity contribution is 8.00. The third-order valence-electron chi connectivity index (χ3n) is 2.43. The predicted octanol–water partition coefficient (Wildman–Crippen LogP) is 2.06. The number of rotatable bonds is 3. The molecule has 1 atom stereocenters. The second kappa shape index (κ2) is 5.77. The summed E-state index contributed by atoms with van der Waals surface area (Å²) in [5.74, 6) is 1.65. The van der Waals surface area contributed by atoms with Crippen molar-refractivity contribution in [2.75, 3.05) is 18.2 Å². The Morgan fingerprint density at radius 2 is 2.47 bits per heavy atom. The first-order chi connectivity index (χ1) is 8.28. The van der Waals surface area contributed by atoms with E-state index >= 15 is 0 Å². The number of carbonyl (C=O) groups is 1. The van der Waals surface area contributed by atoms with Gasteiger partial charge in [-0.25, -0.2) is 9.78 Å². The van der Waals surface area contributed by atoms with Crippen LogP contribution < -0.4 is 15.4 Å². The molecule has 1 aromatic heterocycles. The Kier molecular flexibility index (Phi) is 4.08. The molecule has 2 N–H and O–H groups in total. The van der Waals surface area contributed by atoms with Gasteiger partial charge in [-0.15, -0.1) is 11.8 Å². The van der Waals surface area contributed by atoms with E-state index in [1.807, 2.05) is 0 Å². The maximum absolute atomic E-state index is 11.6. The summed E-state index contributed by atoms with van der Waals surface area (Å²) in [7, 11) is 1.56. The van der Waals surface area contributed by atoms with Crippen molar-refractivity contribution in [1.82, 2.24) is 10.3 Å². The molecule has 0 bridgehead atoms. The molecule has 2 heterocycles. The van der Waals surface area contributed by atoms with E-state index in [0.29, 0.717) is 11.6 Å². The molecule has 2 rings (SSSR count). The van der Waals surface area contributed by atoms with Gasteiger partial charge in [0.2, 0.25) is 5.88 Å². The molecular weight excluding hydrogens is 238 g/mol. The van der Waals surface area contributed by atoms with Gasteiger partial charge in [-0.2, -0.15) is 0 Å². The van der Waals surface area contributed by atoms with Crippen LogP contribution in [0.25, 0.3) is 0 Å². The molecular formula is C11H15N3O2S. The number of hydrogen-bond acceptors (Lipinski definition) is 4. The maximum Gasteiger partial charge on any atom is 0.320 e. The van der Waals surface area contributed by atoms with Crippen molar-refractivity contribution in [3.8, 4) is 5.88 Å². The molecule has 1 saturated heterocycles. The minimum absolute atomic E-state index is 0.184. The van der Waals surface area contributed by atoms with Crippen LogP contribution in [-0.4, -0.2) is 29.3 Å². The van der Waals surface area contributed by atoms with E-state index < -0.39 is 0 Å². The summed E-state index contributed by atoms with van der Waals surface area (Å²) in [6.45, 7) is 0. The summed E-state index contributed by atoms with van der Waals surface area (Å²) in [6, 6.07) is 3.28. The van der Waals surface area contributed by atoms with Crippen LogP contribution in [0.15, 0.2) is 18.3 Å². The van der Waals surface area contributed by atoms with E-state index in [-0.39, 0.29) is 11.4 Å². The van der Waals surface area contributed by atoms with Gasteiger partial charge in [-0.1, -0.05) is 0 Å². The van der Waals surface area contributed by atoms with Crippen molar-refractivity contribution in [3.05, 3.63) is 18.3 Å². The van der Waals surface area contributed by atoms with Gasteiger partial charge in [0, 0.05) is 6.07 Å². The van der Waals surface area contributed by atoms with E-state index in [1.54, 1.807) is 37.2 Å². The van der Waals surface area contributed by atoms with Crippen LogP contribution in [-0.2, 0) is 0 Å². The van der Waals surface area contributed by atoms with Gasteiger partial charge in [-0.05, 0) is 24.7 Å². The van der Waals surface area contributed by atoms with Gasteiger partial charge >= 0.3 is 6.03 Å². The first kappa shape index (κ1) is 12.0. The molecule has 1 aliphatic heterocycles. The number of hydrogen-bond donors (Lipinski definition) is 2. The van der Waals surface area contributed by atoms with Crippen molar-refractivity contribution >= 4 is 23.5 Å². The first-order valence-electron chi connectivity index (χ1n) is 5.47. The molecule has 2 amide bonds. The normalized spacial score (nSPS) is 18.8. The first-order valence-corrected chi connectivity index (χ1v) is 6.52. The Labute approximate surface area is 104 Å². The van der Waals surface area contributed by atoms with Crippen LogP contribution in [0, 0.1) is 0 Å². The van der Waals surface area contributed by atoms with E-state index in [2.05, 4.69) is 15.6 Å². The molecule has 1 aromatic rings. The van der Waals surface area contributed by atoms with Gasteiger partial charge in [0.05, 0.1) is 24.4 Å². The fourth-order valence-electron chi connectivity index (χ4n) is 1.58. The number of nitrogens with zero attached hydrogens (tertiary/aromatic N) is 1. The van der Waals surface area contributed by atoms with Gasteiger partial charge in [0.15, 0.2) is 0 Å². The van der Waals surface area contributed by atoms with Gasteiger partial charge < -0.3 is 15.4 Å². The van der Waals surface area contributed by atoms with Crippen LogP contribution in [0.2, 0.25) is 0 Å². The van der Waals surface area contributed by atoms with Crippen molar-refractivity contribution < 1.29 is 9.53 Å². The van der Waals surface area contributed by atoms with Crippen LogP contribution in [0.4, 0.5) is 10.5 Å². The fourth-order valence-corrected chi connectivity index (χ4v) is 2.72. The van der Waals surface area contributed by atoms with E-state index in [4.69, 9.17) is 4.74 Å². The Bertz CT molecular complexity index is 377. The lowest BCUT2D eigenvalue weighted by Gasteiger charge is -2.12. The summed E-state index contributed by atoms with van der Waals surface area (Å²) >= 11 is 1.78. The molecule has 0 radical (unpaired) electrons. The predicted molar refractivity (Wildman–Crippen MR) is 68.4 cm³/mol. The minimum atomic E-state index is -0.184. The SMILES string of the molecule is COc1ccc(NC(=O)NC2CCCS2)cn1. The highest BCUT2D eigenvalue weighted by atomic mass is 32.2. The topological polar surface area (TPSA) is 63.2 Å². The van der Waals surface area contributed by atoms with Crippen LogP contribution >= 0.6 is 11.8 Å². The van der Waals surface area contributed by atoms with E-state index in [1.165, 1.54) is 6.42 Å². The zero-order valence-corrected chi connectivity index (χ0v) is 10.4. The maximum atomic E-state index is 11.6. The lowest BCUT2D eigenvalue weighted by molar-refractivity contribution is 0.251. The summed E-state index contributed by atoms with van der Waals surface area (Å²) in [5.41, 5.74) is 0.659. The van der Waals surface area contributed by atoms with Crippen molar-refractivity contribution in [2.24, 2.45) is 0 Å². The Hall–Kier alpha value is -1.43. The largest absolute Gasteiger partial charge is 0.481 e. The zero-order chi connectivity index (χ0) is 12.1. The van der Waals surface area contributed by atoms with Crippen molar-refractivity contribution in [1.29, 1.82) is 0 Å². The summed E-state index contributed by atoms with van der Waals surface area (Å²) in [5, 5.41) is 5.89. The number of pyridine rings is 1. The third kappa shape index (κ3) is 3.52. The van der Waals surface area contributed by atoms with Gasteiger partial charge in [-0.3, -0.25) is 0 Å². The fraction of sp³-hybridized carbons (Fsp3) is 0.455. The van der Waals surface area contributed by atoms with E-state index in [0.717, 1.165) is 12.2 Å². The summed E-state index contributed by atoms with van der Waals surface area (Å²) in [6.07, 6.45) is 3.78. The number of urea groups is 1. The van der Waals surface area contributed by atoms with Crippen LogP contribution in [0.3, 0.4) is 0 Å². The smallest absolute Gasteiger partial charge is 0.320 e. The second-order valence-electron chi connectivity index (χ2n) is 3.69. The Morgan fingerprint density at radius 1 is 1.59 bits per heavy atom. The highest BCUT2D eigenvalue weighted by Gasteiger charge is 2.17. The quantitative estimate of drug-likeness (QED) is 0.865. The molecule has 1 aliphatic rings. The van der Waals surface area contributed by atoms with Crippen molar-refractivity contribution in [2.45, 2.75) is 18.2 Å². The highest BCUT2D eigenvalue weighted by Crippen LogP contribution is 2.23. The Balaban J connectivity index is 1.84. The second-order valence-corrected chi connectivity index (χ2v) is 5.00. The summed E-state index contributed by atoms with van der Waals surface area (Å²) in [4.78, 5) is 15.6. The number of carbonyl (C=O) groups excluding carboxylic acids is 1. The zero-order valence-electron chi connectivity index (χ0n) is 9.60. The van der Waals surface area contributed by atoms with Crippen molar-refractivity contribution in [3.63, 3.8) is 0 Å². The molecule has 0 aliphatic carbocycles. The standard InChI is InChI=1S/C11H15N3O2S/c1-16-9-5-4-8(7-12-9)13-11(15)14-10-3-2-6-17-10/h4-5,7,10H,2-3,6H2,1H3,(H2,13,14,15). The molecule has 1 fully saturated rings. The monoisotopic (exact) mass is 253 g/mol. The number of amides is 2. The summed E-state index contributed by atoms with van der Waals surface area (Å²) < 4.78 is 4.94. The lowest BCUT2D eigenvalue weighted by Crippen LogP contribution is -2.34. The molecule has 92 valence electrons. The third-order valence-corrected chi connectivity index (χ3v) is 3.71. The molecule has 0 aromatic carbocycles. The molecule has 17 heavy (non-hydrogen) atoms. The number of thioether (sulfide) groups is 1. The number of nitrogens with one attached hydrogen (secondary N) is 2. The van der Waals surface area contributed by atoms with Gasteiger partial charge in [0.1, 0.15) is 0 Å². The molecule has 6 heteroatoms. The number of anilines is 1. The average Bonchev–Trinajstić information content (AvgIpc) is 2.82. The molecule has 1 unspecified atom stereocenters. The Morgan fingerprint density at radius 3 is 3.06 bits per heavy atom. The number of aromatic nitrogens is 1. The number of methoxy groups -OCH3 is 1. The number of ether oxygens (including phenoxy) is 1. The van der Waals surface area contributed by atoms with E-state index in [9.17, 15) is 4.79 Å². The average molecular weight is 253 g/mol. The van der Waals surface area contributed by atoms with Crippen LogP contribution in [0.1, 0.15) is 12.8 Å². The molecule has 0 spiro atoms. The van der Waals surface area contributed by atoms with Crippen LogP contribution in [0.5, 0.6) is 5.88 Å². The lowest BCUT2D eigenvalue weighted by atomic mass is 10.3. The van der Waals surface area contributed by atoms with Gasteiger partial charge in [0.25, 0.3) is 0 Å². The minimum Gasteiger partial charge on any atom is -0.481 e.